The van der Waals surface area contributed by atoms with E-state index in [-0.39, 0.29) is 5.78 Å². The zero-order valence-corrected chi connectivity index (χ0v) is 12.0. The zero-order chi connectivity index (χ0) is 14.9. The Morgan fingerprint density at radius 2 is 1.00 bits per heavy atom. The maximum atomic E-state index is 12.7. The third-order valence-corrected chi connectivity index (χ3v) is 4.06. The van der Waals surface area contributed by atoms with E-state index in [0.717, 1.165) is 33.4 Å². The van der Waals surface area contributed by atoms with E-state index in [1.165, 1.54) is 0 Å². The first-order valence-corrected chi connectivity index (χ1v) is 7.35. The second-order valence-electron chi connectivity index (χ2n) is 5.35. The van der Waals surface area contributed by atoms with E-state index < -0.39 is 0 Å². The molecule has 0 fully saturated rings. The number of carbonyl (C=O) groups excluding carboxylic acids is 1. The average Bonchev–Trinajstić information content (AvgIpc) is 2.85. The molecule has 0 aliphatic heterocycles. The molecule has 0 bridgehead atoms. The molecule has 2 aromatic rings. The van der Waals surface area contributed by atoms with Gasteiger partial charge in [0, 0.05) is 11.1 Å². The van der Waals surface area contributed by atoms with Gasteiger partial charge in [0.1, 0.15) is 0 Å². The topological polar surface area (TPSA) is 17.1 Å². The quantitative estimate of drug-likeness (QED) is 0.583. The van der Waals surface area contributed by atoms with Gasteiger partial charge in [0.2, 0.25) is 0 Å². The summed E-state index contributed by atoms with van der Waals surface area (Å²) in [6.45, 7) is 0. The Balaban J connectivity index is 2.10. The highest BCUT2D eigenvalue weighted by Crippen LogP contribution is 2.38. The number of hydrogen-bond donors (Lipinski definition) is 0. The van der Waals surface area contributed by atoms with E-state index in [0.29, 0.717) is 0 Å². The maximum absolute atomic E-state index is 12.7. The van der Waals surface area contributed by atoms with Gasteiger partial charge in [0.25, 0.3) is 0 Å². The predicted octanol–water partition coefficient (Wildman–Crippen LogP) is 4.72. The molecule has 0 spiro atoms. The Bertz CT molecular complexity index is 822. The molecule has 0 atom stereocenters. The van der Waals surface area contributed by atoms with Gasteiger partial charge >= 0.3 is 0 Å². The molecule has 2 aromatic carbocycles. The fraction of sp³-hybridized carbons (Fsp3) is 0. The fourth-order valence-electron chi connectivity index (χ4n) is 3.07. The molecule has 0 amide bonds. The van der Waals surface area contributed by atoms with Crippen molar-refractivity contribution >= 4 is 11.4 Å². The van der Waals surface area contributed by atoms with E-state index in [1.54, 1.807) is 0 Å². The second kappa shape index (κ2) is 5.12. The summed E-state index contributed by atoms with van der Waals surface area (Å²) in [5, 5.41) is 0. The first kappa shape index (κ1) is 12.8. The monoisotopic (exact) mass is 282 g/mol. The minimum absolute atomic E-state index is 0.107. The smallest absolute Gasteiger partial charge is 0.194 e. The van der Waals surface area contributed by atoms with E-state index >= 15 is 0 Å². The third kappa shape index (κ3) is 1.91. The normalized spacial score (nSPS) is 15.5. The van der Waals surface area contributed by atoms with Crippen LogP contribution in [0.15, 0.2) is 90.6 Å². The van der Waals surface area contributed by atoms with Crippen LogP contribution < -0.4 is 0 Å². The van der Waals surface area contributed by atoms with Gasteiger partial charge in [0.05, 0.1) is 0 Å². The van der Waals surface area contributed by atoms with Gasteiger partial charge in [-0.1, -0.05) is 85.0 Å². The first-order valence-electron chi connectivity index (χ1n) is 7.35. The standard InChI is InChI=1S/C21H14O/c22-21-18-13-7-5-11-16(18)20(15-9-3-1-2-4-10-15)17-12-6-8-14-19(17)21/h1-14H. The van der Waals surface area contributed by atoms with Crippen LogP contribution in [-0.2, 0) is 0 Å². The Morgan fingerprint density at radius 1 is 0.545 bits per heavy atom. The van der Waals surface area contributed by atoms with Crippen LogP contribution in [0.1, 0.15) is 27.0 Å². The van der Waals surface area contributed by atoms with Crippen molar-refractivity contribution in [3.63, 3.8) is 0 Å². The summed E-state index contributed by atoms with van der Waals surface area (Å²) >= 11 is 0. The molecule has 2 aliphatic rings. The van der Waals surface area contributed by atoms with Crippen molar-refractivity contribution in [3.8, 4) is 0 Å². The number of hydrogen-bond acceptors (Lipinski definition) is 1. The molecule has 0 heterocycles. The molecule has 2 aliphatic carbocycles. The van der Waals surface area contributed by atoms with E-state index in [1.807, 2.05) is 72.8 Å². The molecule has 0 aromatic heterocycles. The molecule has 104 valence electrons. The SMILES string of the molecule is O=C1c2ccccc2C(=C2C=CC=CC=C2)c2ccccc21. The van der Waals surface area contributed by atoms with E-state index in [9.17, 15) is 4.79 Å². The number of ketones is 1. The highest BCUT2D eigenvalue weighted by molar-refractivity contribution is 6.19. The molecule has 0 saturated heterocycles. The van der Waals surface area contributed by atoms with Crippen LogP contribution in [0.3, 0.4) is 0 Å². The summed E-state index contributed by atoms with van der Waals surface area (Å²) in [4.78, 5) is 12.7. The molecule has 22 heavy (non-hydrogen) atoms. The van der Waals surface area contributed by atoms with Crippen molar-refractivity contribution in [2.45, 2.75) is 0 Å². The maximum Gasteiger partial charge on any atom is 0.194 e. The van der Waals surface area contributed by atoms with Gasteiger partial charge in [-0.15, -0.1) is 0 Å². The summed E-state index contributed by atoms with van der Waals surface area (Å²) < 4.78 is 0. The fourth-order valence-corrected chi connectivity index (χ4v) is 3.07. The van der Waals surface area contributed by atoms with Gasteiger partial charge < -0.3 is 0 Å². The lowest BCUT2D eigenvalue weighted by Crippen LogP contribution is -2.15. The van der Waals surface area contributed by atoms with Crippen molar-refractivity contribution in [1.29, 1.82) is 0 Å². The van der Waals surface area contributed by atoms with Crippen LogP contribution in [0.5, 0.6) is 0 Å². The Hall–Kier alpha value is -2.93. The summed E-state index contributed by atoms with van der Waals surface area (Å²) in [6, 6.07) is 15.7. The minimum atomic E-state index is 0.107. The summed E-state index contributed by atoms with van der Waals surface area (Å²) in [6.07, 6.45) is 12.3. The lowest BCUT2D eigenvalue weighted by Gasteiger charge is -2.23. The van der Waals surface area contributed by atoms with Crippen LogP contribution >= 0.6 is 0 Å². The number of allylic oxidation sites excluding steroid dienone is 7. The number of benzene rings is 2. The Kier molecular flexibility index (Phi) is 2.97. The number of fused-ring (bicyclic) bond motifs is 2. The zero-order valence-electron chi connectivity index (χ0n) is 12.0. The lowest BCUT2D eigenvalue weighted by atomic mass is 9.79. The van der Waals surface area contributed by atoms with Gasteiger partial charge in [-0.05, 0) is 22.3 Å². The molecule has 0 N–H and O–H groups in total. The third-order valence-electron chi connectivity index (χ3n) is 4.06. The Labute approximate surface area is 129 Å². The molecule has 1 heteroatoms. The molecule has 0 unspecified atom stereocenters. The van der Waals surface area contributed by atoms with Crippen molar-refractivity contribution in [2.75, 3.05) is 0 Å². The largest absolute Gasteiger partial charge is 0.289 e. The molecule has 0 saturated carbocycles. The average molecular weight is 282 g/mol. The molecule has 1 nitrogen and oxygen atoms in total. The van der Waals surface area contributed by atoms with E-state index in [2.05, 4.69) is 12.2 Å². The summed E-state index contributed by atoms with van der Waals surface area (Å²) in [5.41, 5.74) is 5.83. The van der Waals surface area contributed by atoms with Crippen LogP contribution in [0.2, 0.25) is 0 Å². The second-order valence-corrected chi connectivity index (χ2v) is 5.35. The van der Waals surface area contributed by atoms with Crippen molar-refractivity contribution < 1.29 is 4.79 Å². The van der Waals surface area contributed by atoms with Gasteiger partial charge in [0.15, 0.2) is 5.78 Å². The molecule has 0 radical (unpaired) electrons. The predicted molar refractivity (Wildman–Crippen MR) is 89.8 cm³/mol. The van der Waals surface area contributed by atoms with Crippen LogP contribution in [-0.4, -0.2) is 5.78 Å². The van der Waals surface area contributed by atoms with Crippen molar-refractivity contribution in [2.24, 2.45) is 0 Å². The summed E-state index contributed by atoms with van der Waals surface area (Å²) in [7, 11) is 0. The van der Waals surface area contributed by atoms with Gasteiger partial charge in [-0.2, -0.15) is 0 Å². The van der Waals surface area contributed by atoms with Gasteiger partial charge in [-0.3, -0.25) is 4.79 Å². The van der Waals surface area contributed by atoms with Crippen LogP contribution in [0.25, 0.3) is 5.57 Å². The van der Waals surface area contributed by atoms with Crippen LogP contribution in [0.4, 0.5) is 0 Å². The first-order chi connectivity index (χ1) is 10.9. The van der Waals surface area contributed by atoms with Crippen molar-refractivity contribution in [1.82, 2.24) is 0 Å². The van der Waals surface area contributed by atoms with Gasteiger partial charge in [-0.25, -0.2) is 0 Å². The lowest BCUT2D eigenvalue weighted by molar-refractivity contribution is 0.103. The molecule has 4 rings (SSSR count). The summed E-state index contributed by atoms with van der Waals surface area (Å²) in [5.74, 6) is 0.107. The molecular weight excluding hydrogens is 268 g/mol. The highest BCUT2D eigenvalue weighted by atomic mass is 16.1. The number of carbonyl (C=O) groups is 1. The minimum Gasteiger partial charge on any atom is -0.289 e. The van der Waals surface area contributed by atoms with Crippen LogP contribution in [0, 0.1) is 0 Å². The Morgan fingerprint density at radius 3 is 1.50 bits per heavy atom. The van der Waals surface area contributed by atoms with E-state index in [4.69, 9.17) is 0 Å². The van der Waals surface area contributed by atoms with Crippen molar-refractivity contribution in [3.05, 3.63) is 113 Å². The molecular formula is C21H14O. The highest BCUT2D eigenvalue weighted by Gasteiger charge is 2.27. The number of rotatable bonds is 0.